The van der Waals surface area contributed by atoms with E-state index in [9.17, 15) is 9.18 Å². The van der Waals surface area contributed by atoms with Crippen LogP contribution in [-0.4, -0.2) is 21.1 Å². The highest BCUT2D eigenvalue weighted by Gasteiger charge is 2.10. The molecule has 0 radical (unpaired) electrons. The van der Waals surface area contributed by atoms with Gasteiger partial charge in [-0.25, -0.2) is 4.39 Å². The van der Waals surface area contributed by atoms with Gasteiger partial charge in [0.1, 0.15) is 17.9 Å². The van der Waals surface area contributed by atoms with Gasteiger partial charge in [-0.1, -0.05) is 12.1 Å². The molecule has 0 aliphatic heterocycles. The summed E-state index contributed by atoms with van der Waals surface area (Å²) in [7, 11) is 1.84. The van der Waals surface area contributed by atoms with E-state index in [-0.39, 0.29) is 5.82 Å². The first-order valence-electron chi connectivity index (χ1n) is 5.80. The average molecular weight is 247 g/mol. The second kappa shape index (κ2) is 5.53. The molecular formula is C13H14FN3O. The van der Waals surface area contributed by atoms with Crippen molar-refractivity contribution in [2.75, 3.05) is 0 Å². The van der Waals surface area contributed by atoms with Crippen LogP contribution in [0.3, 0.4) is 0 Å². The highest BCUT2D eigenvalue weighted by atomic mass is 19.1. The SMILES string of the molecule is Cn1c(CCCC=O)nnc1-c1cccc(F)c1. The number of halogens is 1. The first kappa shape index (κ1) is 12.4. The average Bonchev–Trinajstić information content (AvgIpc) is 2.72. The zero-order valence-corrected chi connectivity index (χ0v) is 10.1. The van der Waals surface area contributed by atoms with Crippen molar-refractivity contribution in [3.63, 3.8) is 0 Å². The van der Waals surface area contributed by atoms with Crippen molar-refractivity contribution >= 4 is 6.29 Å². The Morgan fingerprint density at radius 3 is 2.94 bits per heavy atom. The number of carbonyl (C=O) groups is 1. The van der Waals surface area contributed by atoms with Gasteiger partial charge in [0.15, 0.2) is 5.82 Å². The van der Waals surface area contributed by atoms with E-state index < -0.39 is 0 Å². The van der Waals surface area contributed by atoms with Crippen LogP contribution in [0, 0.1) is 5.82 Å². The topological polar surface area (TPSA) is 47.8 Å². The Morgan fingerprint density at radius 2 is 2.22 bits per heavy atom. The molecule has 0 fully saturated rings. The van der Waals surface area contributed by atoms with Crippen molar-refractivity contribution in [3.8, 4) is 11.4 Å². The standard InChI is InChI=1S/C13H14FN3O/c1-17-12(7-2-3-8-18)15-16-13(17)10-5-4-6-11(14)9-10/h4-6,8-9H,2-3,7H2,1H3. The number of rotatable bonds is 5. The number of nitrogens with zero attached hydrogens (tertiary/aromatic N) is 3. The smallest absolute Gasteiger partial charge is 0.163 e. The maximum Gasteiger partial charge on any atom is 0.163 e. The zero-order valence-electron chi connectivity index (χ0n) is 10.1. The minimum absolute atomic E-state index is 0.294. The van der Waals surface area contributed by atoms with E-state index in [1.165, 1.54) is 12.1 Å². The van der Waals surface area contributed by atoms with Crippen LogP contribution in [0.4, 0.5) is 4.39 Å². The van der Waals surface area contributed by atoms with Crippen LogP contribution >= 0.6 is 0 Å². The van der Waals surface area contributed by atoms with Crippen molar-refractivity contribution in [1.82, 2.24) is 14.8 Å². The van der Waals surface area contributed by atoms with Crippen molar-refractivity contribution in [2.24, 2.45) is 7.05 Å². The number of hydrogen-bond acceptors (Lipinski definition) is 3. The van der Waals surface area contributed by atoms with E-state index in [0.717, 1.165) is 18.5 Å². The van der Waals surface area contributed by atoms with Crippen LogP contribution in [0.5, 0.6) is 0 Å². The third kappa shape index (κ3) is 2.61. The van der Waals surface area contributed by atoms with E-state index in [1.54, 1.807) is 12.1 Å². The quantitative estimate of drug-likeness (QED) is 0.600. The number of aldehydes is 1. The van der Waals surface area contributed by atoms with Crippen LogP contribution in [0.25, 0.3) is 11.4 Å². The van der Waals surface area contributed by atoms with Crippen LogP contribution < -0.4 is 0 Å². The van der Waals surface area contributed by atoms with Crippen LogP contribution in [0.15, 0.2) is 24.3 Å². The monoisotopic (exact) mass is 247 g/mol. The summed E-state index contributed by atoms with van der Waals surface area (Å²) in [6, 6.07) is 6.26. The lowest BCUT2D eigenvalue weighted by molar-refractivity contribution is -0.107. The molecule has 0 saturated heterocycles. The summed E-state index contributed by atoms with van der Waals surface area (Å²) in [4.78, 5) is 10.3. The number of aryl methyl sites for hydroxylation is 1. The van der Waals surface area contributed by atoms with E-state index >= 15 is 0 Å². The van der Waals surface area contributed by atoms with Gasteiger partial charge in [0.2, 0.25) is 0 Å². The van der Waals surface area contributed by atoms with E-state index in [4.69, 9.17) is 0 Å². The lowest BCUT2D eigenvalue weighted by Gasteiger charge is -2.03. The molecule has 1 aromatic carbocycles. The van der Waals surface area contributed by atoms with Crippen molar-refractivity contribution in [3.05, 3.63) is 35.9 Å². The summed E-state index contributed by atoms with van der Waals surface area (Å²) in [5, 5.41) is 8.13. The molecule has 0 unspecified atom stereocenters. The highest BCUT2D eigenvalue weighted by Crippen LogP contribution is 2.18. The van der Waals surface area contributed by atoms with E-state index in [2.05, 4.69) is 10.2 Å². The summed E-state index contributed by atoms with van der Waals surface area (Å²) in [5.41, 5.74) is 0.701. The van der Waals surface area contributed by atoms with Gasteiger partial charge in [0, 0.05) is 25.5 Å². The lowest BCUT2D eigenvalue weighted by Crippen LogP contribution is -2.00. The summed E-state index contributed by atoms with van der Waals surface area (Å²) in [6.45, 7) is 0. The van der Waals surface area contributed by atoms with Crippen LogP contribution in [0.2, 0.25) is 0 Å². The van der Waals surface area contributed by atoms with Gasteiger partial charge in [0.25, 0.3) is 0 Å². The summed E-state index contributed by atoms with van der Waals surface area (Å²) < 4.78 is 15.0. The maximum atomic E-state index is 13.1. The van der Waals surface area contributed by atoms with Crippen molar-refractivity contribution in [2.45, 2.75) is 19.3 Å². The van der Waals surface area contributed by atoms with Crippen molar-refractivity contribution in [1.29, 1.82) is 0 Å². The number of carbonyl (C=O) groups excluding carboxylic acids is 1. The molecule has 1 heterocycles. The maximum absolute atomic E-state index is 13.1. The number of unbranched alkanes of at least 4 members (excludes halogenated alkanes) is 1. The van der Waals surface area contributed by atoms with Gasteiger partial charge in [-0.3, -0.25) is 0 Å². The fourth-order valence-electron chi connectivity index (χ4n) is 1.80. The van der Waals surface area contributed by atoms with Gasteiger partial charge in [-0.15, -0.1) is 10.2 Å². The van der Waals surface area contributed by atoms with Gasteiger partial charge in [-0.05, 0) is 18.6 Å². The first-order valence-corrected chi connectivity index (χ1v) is 5.80. The van der Waals surface area contributed by atoms with Gasteiger partial charge >= 0.3 is 0 Å². The highest BCUT2D eigenvalue weighted by molar-refractivity contribution is 5.55. The molecule has 0 N–H and O–H groups in total. The van der Waals surface area contributed by atoms with Gasteiger partial charge in [-0.2, -0.15) is 0 Å². The molecule has 2 aromatic rings. The Balaban J connectivity index is 2.22. The third-order valence-electron chi connectivity index (χ3n) is 2.77. The molecule has 1 aromatic heterocycles. The lowest BCUT2D eigenvalue weighted by atomic mass is 10.2. The summed E-state index contributed by atoms with van der Waals surface area (Å²) in [5.74, 6) is 1.14. The Kier molecular flexibility index (Phi) is 3.82. The Labute approximate surface area is 104 Å². The molecule has 0 saturated carbocycles. The molecule has 0 amide bonds. The first-order chi connectivity index (χ1) is 8.72. The fraction of sp³-hybridized carbons (Fsp3) is 0.308. The summed E-state index contributed by atoms with van der Waals surface area (Å²) >= 11 is 0. The molecule has 0 spiro atoms. The largest absolute Gasteiger partial charge is 0.314 e. The number of aromatic nitrogens is 3. The third-order valence-corrected chi connectivity index (χ3v) is 2.77. The number of benzene rings is 1. The zero-order chi connectivity index (χ0) is 13.0. The van der Waals surface area contributed by atoms with E-state index in [0.29, 0.717) is 24.2 Å². The van der Waals surface area contributed by atoms with E-state index in [1.807, 2.05) is 11.6 Å². The molecule has 0 bridgehead atoms. The fourth-order valence-corrected chi connectivity index (χ4v) is 1.80. The summed E-state index contributed by atoms with van der Waals surface area (Å²) in [6.07, 6.45) is 2.85. The Bertz CT molecular complexity index is 551. The van der Waals surface area contributed by atoms with Crippen molar-refractivity contribution < 1.29 is 9.18 Å². The predicted octanol–water partition coefficient (Wildman–Crippen LogP) is 2.14. The molecule has 0 atom stereocenters. The Hall–Kier alpha value is -2.04. The van der Waals surface area contributed by atoms with Crippen LogP contribution in [-0.2, 0) is 18.3 Å². The van der Waals surface area contributed by atoms with Crippen LogP contribution in [0.1, 0.15) is 18.7 Å². The molecule has 0 aliphatic carbocycles. The molecule has 94 valence electrons. The second-order valence-corrected chi connectivity index (χ2v) is 4.07. The van der Waals surface area contributed by atoms with Gasteiger partial charge < -0.3 is 9.36 Å². The Morgan fingerprint density at radius 1 is 1.39 bits per heavy atom. The normalized spacial score (nSPS) is 10.6. The predicted molar refractivity (Wildman–Crippen MR) is 65.4 cm³/mol. The molecule has 18 heavy (non-hydrogen) atoms. The minimum Gasteiger partial charge on any atom is -0.314 e. The molecule has 2 rings (SSSR count). The molecule has 0 aliphatic rings. The molecule has 4 nitrogen and oxygen atoms in total. The molecular weight excluding hydrogens is 233 g/mol. The molecule has 5 heteroatoms. The number of hydrogen-bond donors (Lipinski definition) is 0. The van der Waals surface area contributed by atoms with Gasteiger partial charge in [0.05, 0.1) is 0 Å². The minimum atomic E-state index is -0.294. The second-order valence-electron chi connectivity index (χ2n) is 4.07.